The van der Waals surface area contributed by atoms with Crippen LogP contribution in [-0.2, 0) is 19.5 Å². The molecular weight excluding hydrogens is 392 g/mol. The van der Waals surface area contributed by atoms with E-state index >= 15 is 0 Å². The molecule has 0 radical (unpaired) electrons. The van der Waals surface area contributed by atoms with Gasteiger partial charge in [0, 0.05) is 5.56 Å². The molecule has 0 aliphatic rings. The molecule has 1 unspecified atom stereocenters. The standard InChI is InChI=1S/C20H19F3O3.HOP/c1-14(2)13-26-18(25)19(20(21,22)23,16-11-7-4-8-12-16)17(24)15-9-5-3-6-10-15;1-2/h3-12,14H,13H2,1-2H3;2H. The van der Waals surface area contributed by atoms with Gasteiger partial charge in [-0.2, -0.15) is 13.2 Å². The van der Waals surface area contributed by atoms with Crippen LogP contribution in [-0.4, -0.2) is 24.5 Å². The molecule has 0 saturated heterocycles. The normalized spacial score (nSPS) is 13.1. The van der Waals surface area contributed by atoms with Crippen molar-refractivity contribution in [1.29, 1.82) is 0 Å². The van der Waals surface area contributed by atoms with Crippen LogP contribution in [0.1, 0.15) is 29.8 Å². The lowest BCUT2D eigenvalue weighted by atomic mass is 9.73. The summed E-state index contributed by atoms with van der Waals surface area (Å²) in [4.78, 5) is 25.6. The largest absolute Gasteiger partial charge is 0.464 e. The van der Waals surface area contributed by atoms with Crippen molar-refractivity contribution in [2.45, 2.75) is 25.4 Å². The van der Waals surface area contributed by atoms with Gasteiger partial charge < -0.3 is 4.74 Å². The smallest absolute Gasteiger partial charge is 0.416 e. The molecule has 0 spiro atoms. The predicted molar refractivity (Wildman–Crippen MR) is 99.7 cm³/mol. The number of ketones is 1. The van der Waals surface area contributed by atoms with E-state index in [1.54, 1.807) is 29.0 Å². The minimum Gasteiger partial charge on any atom is -0.464 e. The second-order valence-corrected chi connectivity index (χ2v) is 6.30. The molecule has 2 aromatic carbocycles. The summed E-state index contributed by atoms with van der Waals surface area (Å²) < 4.78 is 55.7. The average Bonchev–Trinajstić information content (AvgIpc) is 2.68. The maximum atomic E-state index is 14.3. The van der Waals surface area contributed by atoms with Crippen molar-refractivity contribution < 1.29 is 32.1 Å². The molecule has 2 aromatic rings. The van der Waals surface area contributed by atoms with Crippen LogP contribution in [0.4, 0.5) is 13.2 Å². The molecule has 1 atom stereocenters. The number of alkyl halides is 3. The first-order chi connectivity index (χ1) is 13.2. The van der Waals surface area contributed by atoms with Gasteiger partial charge >= 0.3 is 12.1 Å². The topological polar surface area (TPSA) is 60.4 Å². The van der Waals surface area contributed by atoms with Gasteiger partial charge in [0.1, 0.15) is 9.12 Å². The maximum absolute atomic E-state index is 14.3. The third-order valence-corrected chi connectivity index (χ3v) is 3.86. The fourth-order valence-corrected chi connectivity index (χ4v) is 2.59. The minimum atomic E-state index is -5.17. The van der Waals surface area contributed by atoms with Gasteiger partial charge in [-0.05, 0) is 11.5 Å². The monoisotopic (exact) mass is 412 g/mol. The van der Waals surface area contributed by atoms with Crippen molar-refractivity contribution in [3.8, 4) is 0 Å². The van der Waals surface area contributed by atoms with E-state index in [2.05, 4.69) is 0 Å². The Kier molecular flexibility index (Phi) is 8.51. The lowest BCUT2D eigenvalue weighted by Gasteiger charge is -2.32. The van der Waals surface area contributed by atoms with Gasteiger partial charge in [-0.3, -0.25) is 14.2 Å². The molecule has 0 amide bonds. The van der Waals surface area contributed by atoms with Gasteiger partial charge in [0.05, 0.1) is 6.61 Å². The molecule has 4 nitrogen and oxygen atoms in total. The SMILES string of the molecule is CC(C)COC(=O)C(C(=O)c1ccccc1)(c1ccccc1)C(F)(F)F.O=P. The van der Waals surface area contributed by atoms with Crippen LogP contribution in [0, 0.1) is 5.92 Å². The van der Waals surface area contributed by atoms with E-state index < -0.39 is 28.9 Å². The Morgan fingerprint density at radius 2 is 1.39 bits per heavy atom. The summed E-state index contributed by atoms with van der Waals surface area (Å²) >= 11 is 0. The molecule has 0 saturated carbocycles. The number of hydrogen-bond acceptors (Lipinski definition) is 4. The molecule has 28 heavy (non-hydrogen) atoms. The molecule has 150 valence electrons. The first-order valence-corrected chi connectivity index (χ1v) is 8.71. The lowest BCUT2D eigenvalue weighted by molar-refractivity contribution is -0.198. The number of halogens is 3. The molecule has 2 rings (SSSR count). The summed E-state index contributed by atoms with van der Waals surface area (Å²) in [5.74, 6) is -3.14. The molecule has 0 aromatic heterocycles. The van der Waals surface area contributed by atoms with E-state index in [9.17, 15) is 22.8 Å². The maximum Gasteiger partial charge on any atom is 0.416 e. The average molecular weight is 412 g/mol. The predicted octanol–water partition coefficient (Wildman–Crippen LogP) is 5.04. The van der Waals surface area contributed by atoms with Crippen LogP contribution in [0.15, 0.2) is 60.7 Å². The first kappa shape index (κ1) is 23.5. The zero-order valence-electron chi connectivity index (χ0n) is 15.3. The van der Waals surface area contributed by atoms with Crippen molar-refractivity contribution in [3.63, 3.8) is 0 Å². The Morgan fingerprint density at radius 1 is 0.929 bits per heavy atom. The van der Waals surface area contributed by atoms with Crippen LogP contribution < -0.4 is 0 Å². The van der Waals surface area contributed by atoms with Crippen LogP contribution in [0.25, 0.3) is 0 Å². The fourth-order valence-electron chi connectivity index (χ4n) is 2.59. The van der Waals surface area contributed by atoms with Crippen molar-refractivity contribution in [2.75, 3.05) is 6.61 Å². The highest BCUT2D eigenvalue weighted by molar-refractivity contribution is 7.00. The first-order valence-electron chi connectivity index (χ1n) is 8.31. The van der Waals surface area contributed by atoms with Crippen LogP contribution in [0.2, 0.25) is 0 Å². The molecule has 0 aliphatic carbocycles. The number of hydrogen-bond donors (Lipinski definition) is 0. The Hall–Kier alpha value is -2.53. The van der Waals surface area contributed by atoms with E-state index in [1.165, 1.54) is 42.5 Å². The Balaban J connectivity index is 0.00000190. The molecule has 0 bridgehead atoms. The zero-order valence-corrected chi connectivity index (χ0v) is 16.3. The number of rotatable bonds is 6. The highest BCUT2D eigenvalue weighted by atomic mass is 31.0. The van der Waals surface area contributed by atoms with Gasteiger partial charge in [0.15, 0.2) is 5.78 Å². The molecular formula is C20H20F3O4P. The highest BCUT2D eigenvalue weighted by Crippen LogP contribution is 2.45. The Labute approximate surface area is 163 Å². The Bertz CT molecular complexity index is 779. The number of carbonyl (C=O) groups excluding carboxylic acids is 2. The van der Waals surface area contributed by atoms with E-state index in [0.717, 1.165) is 12.1 Å². The molecule has 0 fully saturated rings. The third-order valence-electron chi connectivity index (χ3n) is 3.86. The number of Topliss-reactive ketones (excluding diaryl/α,β-unsaturated/α-hetero) is 1. The summed E-state index contributed by atoms with van der Waals surface area (Å²) in [6, 6.07) is 13.4. The summed E-state index contributed by atoms with van der Waals surface area (Å²) in [6.45, 7) is 3.18. The van der Waals surface area contributed by atoms with E-state index in [-0.39, 0.29) is 18.1 Å². The van der Waals surface area contributed by atoms with Crippen molar-refractivity contribution in [2.24, 2.45) is 5.92 Å². The fraction of sp³-hybridized carbons (Fsp3) is 0.300. The van der Waals surface area contributed by atoms with E-state index in [0.29, 0.717) is 0 Å². The molecule has 0 N–H and O–H groups in total. The van der Waals surface area contributed by atoms with E-state index in [1.807, 2.05) is 0 Å². The van der Waals surface area contributed by atoms with Crippen LogP contribution >= 0.6 is 9.12 Å². The van der Waals surface area contributed by atoms with Gasteiger partial charge in [-0.15, -0.1) is 0 Å². The van der Waals surface area contributed by atoms with Crippen LogP contribution in [0.5, 0.6) is 0 Å². The van der Waals surface area contributed by atoms with Crippen molar-refractivity contribution in [1.82, 2.24) is 0 Å². The van der Waals surface area contributed by atoms with Crippen LogP contribution in [0.3, 0.4) is 0 Å². The second kappa shape index (κ2) is 10.1. The third kappa shape index (κ3) is 4.84. The number of ether oxygens (including phenoxy) is 1. The minimum absolute atomic E-state index is 0.174. The quantitative estimate of drug-likeness (QED) is 0.289. The highest BCUT2D eigenvalue weighted by Gasteiger charge is 2.67. The second-order valence-electron chi connectivity index (χ2n) is 6.30. The lowest BCUT2D eigenvalue weighted by Crippen LogP contribution is -2.56. The summed E-state index contributed by atoms with van der Waals surface area (Å²) in [6.07, 6.45) is -5.17. The van der Waals surface area contributed by atoms with Crippen molar-refractivity contribution in [3.05, 3.63) is 71.8 Å². The number of carbonyl (C=O) groups is 2. The summed E-state index contributed by atoms with van der Waals surface area (Å²) in [5.41, 5.74) is -4.09. The molecule has 0 heterocycles. The van der Waals surface area contributed by atoms with Crippen molar-refractivity contribution >= 4 is 20.9 Å². The molecule has 0 aliphatic heterocycles. The number of benzene rings is 2. The van der Waals surface area contributed by atoms with E-state index in [4.69, 9.17) is 9.30 Å². The summed E-state index contributed by atoms with van der Waals surface area (Å²) in [5, 5.41) is 0. The van der Waals surface area contributed by atoms with Gasteiger partial charge in [0.2, 0.25) is 5.41 Å². The van der Waals surface area contributed by atoms with Gasteiger partial charge in [-0.1, -0.05) is 74.5 Å². The molecule has 8 heteroatoms. The van der Waals surface area contributed by atoms with Gasteiger partial charge in [0.25, 0.3) is 0 Å². The summed E-state index contributed by atoms with van der Waals surface area (Å²) in [7, 11) is 1.72. The number of esters is 1. The van der Waals surface area contributed by atoms with Gasteiger partial charge in [-0.25, -0.2) is 0 Å². The Morgan fingerprint density at radius 3 is 1.82 bits per heavy atom. The zero-order chi connectivity index (χ0) is 21.4.